The van der Waals surface area contributed by atoms with Gasteiger partial charge in [0.05, 0.1) is 10.6 Å². The molecule has 0 atom stereocenters. The zero-order valence-corrected chi connectivity index (χ0v) is 21.2. The summed E-state index contributed by atoms with van der Waals surface area (Å²) < 4.78 is 43.7. The lowest BCUT2D eigenvalue weighted by atomic mass is 10.0. The first-order valence-corrected chi connectivity index (χ1v) is 13.3. The number of amides is 1. The van der Waals surface area contributed by atoms with Gasteiger partial charge in [0, 0.05) is 19.6 Å². The van der Waals surface area contributed by atoms with Crippen LogP contribution in [0.25, 0.3) is 0 Å². The topological polar surface area (TPSA) is 111 Å². The monoisotopic (exact) mass is 542 g/mol. The Labute approximate surface area is 218 Å². The Morgan fingerprint density at radius 2 is 1.78 bits per heavy atom. The smallest absolute Gasteiger partial charge is 0.338 e. The number of halogens is 1. The zero-order chi connectivity index (χ0) is 26.0. The lowest BCUT2D eigenvalue weighted by Gasteiger charge is -2.28. The van der Waals surface area contributed by atoms with E-state index in [0.29, 0.717) is 24.5 Å². The Kier molecular flexibility index (Phi) is 7.05. The summed E-state index contributed by atoms with van der Waals surface area (Å²) in [6, 6.07) is 16.8. The predicted octanol–water partition coefficient (Wildman–Crippen LogP) is 3.29. The van der Waals surface area contributed by atoms with E-state index in [-0.39, 0.29) is 35.4 Å². The van der Waals surface area contributed by atoms with E-state index in [1.807, 2.05) is 24.3 Å². The van der Waals surface area contributed by atoms with Gasteiger partial charge in [0.25, 0.3) is 5.91 Å². The Bertz CT molecular complexity index is 1480. The standard InChI is InChI=1S/C26H23ClN2O7S/c27-21-7-6-19(12-24(21)37(32,33)29-10-9-18-3-1-2-4-20(18)14-29)26(31)34-15-25(30)28-13-17-5-8-22-23(11-17)36-16-35-22/h1-8,11-12H,9-10,13-16H2,(H,28,30). The van der Waals surface area contributed by atoms with Crippen LogP contribution in [0.1, 0.15) is 27.0 Å². The molecule has 9 nitrogen and oxygen atoms in total. The number of hydrogen-bond acceptors (Lipinski definition) is 7. The quantitative estimate of drug-likeness (QED) is 0.456. The van der Waals surface area contributed by atoms with Crippen LogP contribution < -0.4 is 14.8 Å². The number of nitrogens with one attached hydrogen (secondary N) is 1. The van der Waals surface area contributed by atoms with E-state index >= 15 is 0 Å². The molecule has 0 bridgehead atoms. The van der Waals surface area contributed by atoms with Crippen LogP contribution in [0.15, 0.2) is 65.6 Å². The molecule has 0 fully saturated rings. The van der Waals surface area contributed by atoms with Crippen LogP contribution in [0.2, 0.25) is 5.02 Å². The van der Waals surface area contributed by atoms with Gasteiger partial charge in [-0.05, 0) is 53.4 Å². The number of carbonyl (C=O) groups is 2. The van der Waals surface area contributed by atoms with E-state index in [4.69, 9.17) is 25.8 Å². The third kappa shape index (κ3) is 5.41. The van der Waals surface area contributed by atoms with E-state index in [0.717, 1.165) is 16.7 Å². The molecule has 0 unspecified atom stereocenters. The van der Waals surface area contributed by atoms with Crippen molar-refractivity contribution in [3.05, 3.63) is 87.9 Å². The molecule has 11 heteroatoms. The normalized spacial score (nSPS) is 14.6. The van der Waals surface area contributed by atoms with E-state index in [1.54, 1.807) is 18.2 Å². The van der Waals surface area contributed by atoms with Gasteiger partial charge >= 0.3 is 5.97 Å². The number of carbonyl (C=O) groups excluding carboxylic acids is 2. The van der Waals surface area contributed by atoms with Gasteiger partial charge in [-0.1, -0.05) is 41.9 Å². The summed E-state index contributed by atoms with van der Waals surface area (Å²) in [5, 5.41) is 2.65. The maximum absolute atomic E-state index is 13.4. The van der Waals surface area contributed by atoms with Gasteiger partial charge in [-0.25, -0.2) is 13.2 Å². The average Bonchev–Trinajstić information content (AvgIpc) is 3.38. The number of esters is 1. The number of nitrogens with zero attached hydrogens (tertiary/aromatic N) is 1. The number of hydrogen-bond donors (Lipinski definition) is 1. The minimum atomic E-state index is -3.97. The molecule has 2 heterocycles. The molecule has 3 aromatic rings. The third-order valence-electron chi connectivity index (χ3n) is 6.14. The van der Waals surface area contributed by atoms with Crippen LogP contribution in [0.3, 0.4) is 0 Å². The Morgan fingerprint density at radius 1 is 1.00 bits per heavy atom. The molecular formula is C26H23ClN2O7S. The van der Waals surface area contributed by atoms with Gasteiger partial charge < -0.3 is 19.5 Å². The molecule has 0 radical (unpaired) electrons. The summed E-state index contributed by atoms with van der Waals surface area (Å²) in [5.41, 5.74) is 2.80. The van der Waals surface area contributed by atoms with E-state index in [2.05, 4.69) is 5.32 Å². The summed E-state index contributed by atoms with van der Waals surface area (Å²) in [7, 11) is -3.97. The van der Waals surface area contributed by atoms with Crippen molar-refractivity contribution >= 4 is 33.5 Å². The molecule has 0 aliphatic carbocycles. The average molecular weight is 543 g/mol. The predicted molar refractivity (Wildman–Crippen MR) is 134 cm³/mol. The summed E-state index contributed by atoms with van der Waals surface area (Å²) in [4.78, 5) is 24.6. The SMILES string of the molecule is O=C(COC(=O)c1ccc(Cl)c(S(=O)(=O)N2CCc3ccccc3C2)c1)NCc1ccc2c(c1)OCO2. The molecule has 0 saturated heterocycles. The number of fused-ring (bicyclic) bond motifs is 2. The first kappa shape index (κ1) is 25.1. The molecule has 2 aliphatic heterocycles. The molecule has 0 aromatic heterocycles. The van der Waals surface area contributed by atoms with Crippen LogP contribution in [-0.2, 0) is 39.1 Å². The van der Waals surface area contributed by atoms with Gasteiger partial charge in [-0.15, -0.1) is 0 Å². The largest absolute Gasteiger partial charge is 0.454 e. The van der Waals surface area contributed by atoms with Crippen molar-refractivity contribution in [2.45, 2.75) is 24.4 Å². The Morgan fingerprint density at radius 3 is 2.62 bits per heavy atom. The Balaban J connectivity index is 1.21. The molecule has 2 aliphatic rings. The minimum absolute atomic E-state index is 0.00289. The molecule has 1 N–H and O–H groups in total. The summed E-state index contributed by atoms with van der Waals surface area (Å²) in [6.45, 7) is 0.341. The van der Waals surface area contributed by atoms with Gasteiger partial charge in [0.1, 0.15) is 4.90 Å². The van der Waals surface area contributed by atoms with Crippen molar-refractivity contribution in [2.75, 3.05) is 19.9 Å². The summed E-state index contributed by atoms with van der Waals surface area (Å²) in [5.74, 6) is -0.117. The van der Waals surface area contributed by atoms with Crippen LogP contribution in [0.4, 0.5) is 0 Å². The second kappa shape index (κ2) is 10.4. The minimum Gasteiger partial charge on any atom is -0.454 e. The highest BCUT2D eigenvalue weighted by atomic mass is 35.5. The number of rotatable bonds is 7. The maximum atomic E-state index is 13.4. The van der Waals surface area contributed by atoms with E-state index in [1.165, 1.54) is 22.5 Å². The molecule has 5 rings (SSSR count). The van der Waals surface area contributed by atoms with Gasteiger partial charge in [-0.2, -0.15) is 4.31 Å². The molecular weight excluding hydrogens is 520 g/mol. The molecule has 3 aromatic carbocycles. The van der Waals surface area contributed by atoms with E-state index < -0.39 is 28.5 Å². The maximum Gasteiger partial charge on any atom is 0.338 e. The number of sulfonamides is 1. The third-order valence-corrected chi connectivity index (χ3v) is 8.47. The molecule has 192 valence electrons. The van der Waals surface area contributed by atoms with Crippen LogP contribution in [-0.4, -0.2) is 44.5 Å². The lowest BCUT2D eigenvalue weighted by Crippen LogP contribution is -2.36. The van der Waals surface area contributed by atoms with Crippen molar-refractivity contribution in [1.29, 1.82) is 0 Å². The highest BCUT2D eigenvalue weighted by molar-refractivity contribution is 7.89. The Hall–Kier alpha value is -3.60. The van der Waals surface area contributed by atoms with Crippen molar-refractivity contribution in [3.8, 4) is 11.5 Å². The second-order valence-electron chi connectivity index (χ2n) is 8.54. The van der Waals surface area contributed by atoms with Crippen molar-refractivity contribution < 1.29 is 32.2 Å². The second-order valence-corrected chi connectivity index (χ2v) is 10.9. The van der Waals surface area contributed by atoms with Crippen molar-refractivity contribution in [2.24, 2.45) is 0 Å². The first-order chi connectivity index (χ1) is 17.8. The number of ether oxygens (including phenoxy) is 3. The van der Waals surface area contributed by atoms with Gasteiger partial charge in [0.15, 0.2) is 18.1 Å². The van der Waals surface area contributed by atoms with Crippen LogP contribution in [0, 0.1) is 0 Å². The number of benzene rings is 3. The lowest BCUT2D eigenvalue weighted by molar-refractivity contribution is -0.124. The van der Waals surface area contributed by atoms with Crippen LogP contribution >= 0.6 is 11.6 Å². The van der Waals surface area contributed by atoms with Crippen molar-refractivity contribution in [3.63, 3.8) is 0 Å². The highest BCUT2D eigenvalue weighted by Crippen LogP contribution is 2.32. The van der Waals surface area contributed by atoms with Gasteiger partial charge in [-0.3, -0.25) is 4.79 Å². The summed E-state index contributed by atoms with van der Waals surface area (Å²) in [6.07, 6.45) is 0.579. The van der Waals surface area contributed by atoms with Gasteiger partial charge in [0.2, 0.25) is 16.8 Å². The van der Waals surface area contributed by atoms with Crippen LogP contribution in [0.5, 0.6) is 11.5 Å². The fraction of sp³-hybridized carbons (Fsp3) is 0.231. The molecule has 0 spiro atoms. The molecule has 37 heavy (non-hydrogen) atoms. The molecule has 1 amide bonds. The fourth-order valence-corrected chi connectivity index (χ4v) is 6.08. The van der Waals surface area contributed by atoms with Crippen molar-refractivity contribution in [1.82, 2.24) is 9.62 Å². The molecule has 0 saturated carbocycles. The first-order valence-electron chi connectivity index (χ1n) is 11.5. The summed E-state index contributed by atoms with van der Waals surface area (Å²) >= 11 is 6.23. The highest BCUT2D eigenvalue weighted by Gasteiger charge is 2.30. The fourth-order valence-electron chi connectivity index (χ4n) is 4.16. The zero-order valence-electron chi connectivity index (χ0n) is 19.6. The van der Waals surface area contributed by atoms with E-state index in [9.17, 15) is 18.0 Å².